The number of hydrogen-bond donors (Lipinski definition) is 3. The molecule has 4 heteroatoms. The molecule has 0 heterocycles. The molecule has 0 radical (unpaired) electrons. The molecule has 5 atom stereocenters. The van der Waals surface area contributed by atoms with Crippen molar-refractivity contribution in [1.82, 2.24) is 0 Å². The quantitative estimate of drug-likeness (QED) is 0.225. The van der Waals surface area contributed by atoms with Crippen molar-refractivity contribution >= 4 is 5.97 Å². The second kappa shape index (κ2) is 14.1. The van der Waals surface area contributed by atoms with E-state index < -0.39 is 11.6 Å². The first-order valence-electron chi connectivity index (χ1n) is 13.0. The molecule has 1 rings (SSSR count). The molecule has 1 aliphatic rings. The van der Waals surface area contributed by atoms with E-state index in [0.717, 1.165) is 32.1 Å². The summed E-state index contributed by atoms with van der Waals surface area (Å²) in [7, 11) is 0. The number of aliphatic hydroxyl groups excluding tert-OH is 1. The zero-order valence-corrected chi connectivity index (χ0v) is 22.3. The minimum Gasteiger partial charge on any atom is -0.481 e. The van der Waals surface area contributed by atoms with E-state index in [1.54, 1.807) is 6.92 Å². The number of aliphatic hydroxyl groups is 2. The van der Waals surface area contributed by atoms with Crippen LogP contribution in [0.25, 0.3) is 0 Å². The van der Waals surface area contributed by atoms with Crippen LogP contribution in [0.2, 0.25) is 0 Å². The summed E-state index contributed by atoms with van der Waals surface area (Å²) in [6, 6.07) is 0. The highest BCUT2D eigenvalue weighted by Crippen LogP contribution is 2.33. The zero-order chi connectivity index (χ0) is 25.2. The molecule has 4 nitrogen and oxygen atoms in total. The molecule has 0 aromatic heterocycles. The Balaban J connectivity index is 2.28. The van der Waals surface area contributed by atoms with E-state index in [4.69, 9.17) is 5.11 Å². The van der Waals surface area contributed by atoms with Crippen LogP contribution in [0.15, 0.2) is 34.4 Å². The summed E-state index contributed by atoms with van der Waals surface area (Å²) in [5.74, 6) is -0.212. The van der Waals surface area contributed by atoms with Crippen LogP contribution < -0.4 is 0 Å². The summed E-state index contributed by atoms with van der Waals surface area (Å²) < 4.78 is 0. The van der Waals surface area contributed by atoms with E-state index in [1.165, 1.54) is 35.1 Å². The summed E-state index contributed by atoms with van der Waals surface area (Å²) >= 11 is 0. The number of rotatable bonds is 15. The number of carbonyl (C=O) groups is 1. The van der Waals surface area contributed by atoms with Crippen molar-refractivity contribution in [3.05, 3.63) is 34.4 Å². The Morgan fingerprint density at radius 3 is 2.45 bits per heavy atom. The molecule has 0 aliphatic heterocycles. The van der Waals surface area contributed by atoms with Crippen LogP contribution in [0.5, 0.6) is 0 Å². The Kier molecular flexibility index (Phi) is 12.7. The molecule has 190 valence electrons. The van der Waals surface area contributed by atoms with Crippen molar-refractivity contribution in [2.45, 2.75) is 124 Å². The first-order chi connectivity index (χ1) is 15.3. The van der Waals surface area contributed by atoms with Gasteiger partial charge in [-0.3, -0.25) is 4.79 Å². The summed E-state index contributed by atoms with van der Waals surface area (Å²) in [6.45, 7) is 14.5. The van der Waals surface area contributed by atoms with Gasteiger partial charge < -0.3 is 15.3 Å². The Morgan fingerprint density at radius 2 is 1.82 bits per heavy atom. The minimum atomic E-state index is -0.760. The maximum Gasteiger partial charge on any atom is 0.306 e. The first-order valence-corrected chi connectivity index (χ1v) is 13.0. The second-order valence-electron chi connectivity index (χ2n) is 11.0. The molecule has 0 amide bonds. The second-order valence-corrected chi connectivity index (χ2v) is 11.0. The fourth-order valence-electron chi connectivity index (χ4n) is 4.64. The average molecular weight is 463 g/mol. The lowest BCUT2D eigenvalue weighted by Gasteiger charge is -2.27. The summed E-state index contributed by atoms with van der Waals surface area (Å²) in [6.07, 6.45) is 13.2. The van der Waals surface area contributed by atoms with Crippen molar-refractivity contribution in [3.8, 4) is 0 Å². The fourth-order valence-corrected chi connectivity index (χ4v) is 4.64. The van der Waals surface area contributed by atoms with Gasteiger partial charge in [0.15, 0.2) is 0 Å². The topological polar surface area (TPSA) is 77.8 Å². The molecular formula is C29H50O4. The first kappa shape index (κ1) is 29.6. The zero-order valence-electron chi connectivity index (χ0n) is 22.3. The molecule has 0 spiro atoms. The predicted molar refractivity (Wildman–Crippen MR) is 138 cm³/mol. The fraction of sp³-hybridized carbons (Fsp3) is 0.759. The molecular weight excluding hydrogens is 412 g/mol. The van der Waals surface area contributed by atoms with Crippen LogP contribution in [-0.4, -0.2) is 33.0 Å². The molecule has 0 saturated heterocycles. The number of aliphatic carboxylic acids is 1. The van der Waals surface area contributed by atoms with Gasteiger partial charge in [0.1, 0.15) is 0 Å². The lowest BCUT2D eigenvalue weighted by molar-refractivity contribution is -0.141. The lowest BCUT2D eigenvalue weighted by atomic mass is 9.81. The Bertz CT molecular complexity index is 713. The van der Waals surface area contributed by atoms with Crippen LogP contribution in [0, 0.1) is 17.8 Å². The average Bonchev–Trinajstić information content (AvgIpc) is 2.73. The molecule has 0 saturated carbocycles. The summed E-state index contributed by atoms with van der Waals surface area (Å²) in [4.78, 5) is 10.9. The molecule has 3 N–H and O–H groups in total. The normalized spacial score (nSPS) is 23.2. The van der Waals surface area contributed by atoms with Gasteiger partial charge in [0, 0.05) is 5.92 Å². The highest BCUT2D eigenvalue weighted by molar-refractivity contribution is 5.69. The Morgan fingerprint density at radius 1 is 1.15 bits per heavy atom. The highest BCUT2D eigenvalue weighted by Gasteiger charge is 2.23. The lowest BCUT2D eigenvalue weighted by Crippen LogP contribution is -2.24. The number of hydrogen-bond acceptors (Lipinski definition) is 3. The molecule has 33 heavy (non-hydrogen) atoms. The molecule has 0 aromatic carbocycles. The Labute approximate surface area is 202 Å². The molecule has 1 aliphatic carbocycles. The van der Waals surface area contributed by atoms with Crippen molar-refractivity contribution in [3.63, 3.8) is 0 Å². The standard InChI is InChI=1S/C29H50O4/c1-20(13-9-17-29(7,33)18-10-14-22(3)28(31)32)11-8-12-21(2)15-16-26-19-27(30)25(6)23(4)24(26)5/h13,19,21-22,25,27,30,33H,8-12,14-18H2,1-7H3,(H,31,32)/b20-13+. The summed E-state index contributed by atoms with van der Waals surface area (Å²) in [5, 5.41) is 29.8. The number of carboxylic acid groups (broad SMARTS) is 1. The molecule has 0 bridgehead atoms. The maximum absolute atomic E-state index is 10.9. The molecule has 0 fully saturated rings. The van der Waals surface area contributed by atoms with Crippen LogP contribution in [0.3, 0.4) is 0 Å². The summed E-state index contributed by atoms with van der Waals surface area (Å²) in [5.41, 5.74) is 4.67. The van der Waals surface area contributed by atoms with Crippen molar-refractivity contribution in [1.29, 1.82) is 0 Å². The molecule has 5 unspecified atom stereocenters. The smallest absolute Gasteiger partial charge is 0.306 e. The van der Waals surface area contributed by atoms with Crippen LogP contribution in [0.1, 0.15) is 113 Å². The van der Waals surface area contributed by atoms with E-state index in [-0.39, 0.29) is 17.9 Å². The van der Waals surface area contributed by atoms with Gasteiger partial charge in [0.2, 0.25) is 0 Å². The van der Waals surface area contributed by atoms with Crippen LogP contribution in [0.4, 0.5) is 0 Å². The van der Waals surface area contributed by atoms with Gasteiger partial charge >= 0.3 is 5.97 Å². The van der Waals surface area contributed by atoms with Gasteiger partial charge in [-0.05, 0) is 103 Å². The van der Waals surface area contributed by atoms with Crippen molar-refractivity contribution in [2.75, 3.05) is 0 Å². The van der Waals surface area contributed by atoms with Crippen LogP contribution in [-0.2, 0) is 4.79 Å². The van der Waals surface area contributed by atoms with E-state index >= 15 is 0 Å². The van der Waals surface area contributed by atoms with Gasteiger partial charge in [0.05, 0.1) is 17.6 Å². The number of carboxylic acids is 1. The maximum atomic E-state index is 10.9. The third-order valence-electron chi connectivity index (χ3n) is 7.76. The Hall–Kier alpha value is -1.39. The van der Waals surface area contributed by atoms with Gasteiger partial charge in [-0.15, -0.1) is 0 Å². The largest absolute Gasteiger partial charge is 0.481 e. The van der Waals surface area contributed by atoms with E-state index in [0.29, 0.717) is 25.2 Å². The van der Waals surface area contributed by atoms with E-state index in [2.05, 4.69) is 46.8 Å². The van der Waals surface area contributed by atoms with Crippen molar-refractivity contribution < 1.29 is 20.1 Å². The highest BCUT2D eigenvalue weighted by atomic mass is 16.4. The van der Waals surface area contributed by atoms with E-state index in [9.17, 15) is 15.0 Å². The van der Waals surface area contributed by atoms with Gasteiger partial charge in [0.25, 0.3) is 0 Å². The van der Waals surface area contributed by atoms with Gasteiger partial charge in [-0.1, -0.05) is 50.5 Å². The third kappa shape index (κ3) is 11.1. The van der Waals surface area contributed by atoms with E-state index in [1.807, 2.05) is 6.92 Å². The minimum absolute atomic E-state index is 0.227. The number of allylic oxidation sites excluding steroid dienone is 4. The van der Waals surface area contributed by atoms with Gasteiger partial charge in [-0.25, -0.2) is 0 Å². The van der Waals surface area contributed by atoms with Crippen LogP contribution >= 0.6 is 0 Å². The third-order valence-corrected chi connectivity index (χ3v) is 7.76. The van der Waals surface area contributed by atoms with Crippen molar-refractivity contribution in [2.24, 2.45) is 17.8 Å². The predicted octanol–water partition coefficient (Wildman–Crippen LogP) is 7.21. The SMILES string of the molecule is CC1=C(C)C(C)C(O)C=C1CCC(C)CCC/C(C)=C/CCC(C)(O)CCCC(C)C(=O)O. The van der Waals surface area contributed by atoms with Gasteiger partial charge in [-0.2, -0.15) is 0 Å². The molecule has 0 aromatic rings. The monoisotopic (exact) mass is 462 g/mol.